The van der Waals surface area contributed by atoms with E-state index >= 15 is 0 Å². The molecule has 4 nitrogen and oxygen atoms in total. The summed E-state index contributed by atoms with van der Waals surface area (Å²) in [5.41, 5.74) is 3.31. The Bertz CT molecular complexity index is 560. The van der Waals surface area contributed by atoms with Gasteiger partial charge in [-0.3, -0.25) is 0 Å². The third-order valence-corrected chi connectivity index (χ3v) is 2.99. The Morgan fingerprint density at radius 2 is 2.00 bits per heavy atom. The number of rotatable bonds is 5. The number of aryl methyl sites for hydroxylation is 1. The van der Waals surface area contributed by atoms with Crippen LogP contribution in [0.5, 0.6) is 0 Å². The van der Waals surface area contributed by atoms with E-state index in [1.54, 1.807) is 13.3 Å². The second-order valence-electron chi connectivity index (χ2n) is 4.23. The minimum atomic E-state index is 0.248. The monoisotopic (exact) mass is 277 g/mol. The number of nitrogens with one attached hydrogen (secondary N) is 1. The molecule has 2 rings (SSSR count). The molecular formula is C14H16ClN3O. The fourth-order valence-electron chi connectivity index (χ4n) is 1.80. The zero-order valence-corrected chi connectivity index (χ0v) is 11.7. The molecule has 0 atom stereocenters. The number of hydrogen-bond donors (Lipinski definition) is 1. The lowest BCUT2D eigenvalue weighted by atomic mass is 10.1. The number of halogens is 1. The second-order valence-corrected chi connectivity index (χ2v) is 4.56. The van der Waals surface area contributed by atoms with Crippen LogP contribution in [-0.2, 0) is 17.9 Å². The maximum absolute atomic E-state index is 5.80. The van der Waals surface area contributed by atoms with Crippen LogP contribution >= 0.6 is 11.6 Å². The molecule has 0 aliphatic heterocycles. The Hall–Kier alpha value is -1.65. The van der Waals surface area contributed by atoms with E-state index in [0.29, 0.717) is 13.2 Å². The summed E-state index contributed by atoms with van der Waals surface area (Å²) in [6.45, 7) is 3.22. The number of benzene rings is 1. The molecule has 1 N–H and O–H groups in total. The van der Waals surface area contributed by atoms with Crippen LogP contribution in [0.4, 0.5) is 5.82 Å². The summed E-state index contributed by atoms with van der Waals surface area (Å²) in [5.74, 6) is 0.757. The van der Waals surface area contributed by atoms with Gasteiger partial charge in [0, 0.05) is 25.4 Å². The Morgan fingerprint density at radius 1 is 1.26 bits per heavy atom. The molecule has 2 aromatic rings. The largest absolute Gasteiger partial charge is 0.380 e. The van der Waals surface area contributed by atoms with Crippen LogP contribution in [0.1, 0.15) is 16.7 Å². The van der Waals surface area contributed by atoms with Crippen molar-refractivity contribution in [3.63, 3.8) is 0 Å². The molecule has 0 aliphatic carbocycles. The first-order valence-electron chi connectivity index (χ1n) is 5.99. The highest BCUT2D eigenvalue weighted by molar-refractivity contribution is 6.28. The van der Waals surface area contributed by atoms with Gasteiger partial charge in [-0.15, -0.1) is 0 Å². The average molecular weight is 278 g/mol. The topological polar surface area (TPSA) is 47.0 Å². The van der Waals surface area contributed by atoms with Gasteiger partial charge in [-0.2, -0.15) is 0 Å². The van der Waals surface area contributed by atoms with E-state index < -0.39 is 0 Å². The van der Waals surface area contributed by atoms with Crippen molar-refractivity contribution in [2.75, 3.05) is 12.4 Å². The number of nitrogens with zero attached hydrogens (tertiary/aromatic N) is 2. The van der Waals surface area contributed by atoms with Gasteiger partial charge in [-0.25, -0.2) is 9.97 Å². The molecule has 0 amide bonds. The molecule has 0 bridgehead atoms. The van der Waals surface area contributed by atoms with Crippen LogP contribution in [0.25, 0.3) is 0 Å². The highest BCUT2D eigenvalue weighted by Crippen LogP contribution is 2.16. The summed E-state index contributed by atoms with van der Waals surface area (Å²) in [6.07, 6.45) is 1.71. The third kappa shape index (κ3) is 3.66. The summed E-state index contributed by atoms with van der Waals surface area (Å²) < 4.78 is 5.19. The quantitative estimate of drug-likeness (QED) is 0.853. The van der Waals surface area contributed by atoms with Crippen LogP contribution in [0, 0.1) is 6.92 Å². The van der Waals surface area contributed by atoms with E-state index in [-0.39, 0.29) is 5.28 Å². The third-order valence-electron chi connectivity index (χ3n) is 2.81. The van der Waals surface area contributed by atoms with Gasteiger partial charge < -0.3 is 10.1 Å². The molecule has 100 valence electrons. The number of hydrogen-bond acceptors (Lipinski definition) is 4. The standard InChI is InChI=1S/C14H16ClN3O/c1-10-7-17-14(15)18-13(10)16-8-11-5-3-4-6-12(11)9-19-2/h3-7H,8-9H2,1-2H3,(H,16,17,18). The molecule has 1 aromatic carbocycles. The zero-order valence-electron chi connectivity index (χ0n) is 11.0. The van der Waals surface area contributed by atoms with Crippen LogP contribution in [0.2, 0.25) is 5.28 Å². The SMILES string of the molecule is COCc1ccccc1CNc1nc(Cl)ncc1C. The van der Waals surface area contributed by atoms with Gasteiger partial charge in [0.2, 0.25) is 5.28 Å². The molecular weight excluding hydrogens is 262 g/mol. The highest BCUT2D eigenvalue weighted by Gasteiger charge is 2.05. The first kappa shape index (κ1) is 13.8. The molecule has 0 saturated carbocycles. The maximum atomic E-state index is 5.80. The Morgan fingerprint density at radius 3 is 2.74 bits per heavy atom. The summed E-state index contributed by atoms with van der Waals surface area (Å²) in [7, 11) is 1.69. The number of anilines is 1. The molecule has 1 aromatic heterocycles. The van der Waals surface area contributed by atoms with Crippen molar-refractivity contribution in [1.82, 2.24) is 9.97 Å². The Balaban J connectivity index is 2.12. The Labute approximate surface area is 117 Å². The van der Waals surface area contributed by atoms with Crippen LogP contribution in [0.15, 0.2) is 30.5 Å². The minimum Gasteiger partial charge on any atom is -0.380 e. The molecule has 0 aliphatic rings. The van der Waals surface area contributed by atoms with E-state index in [0.717, 1.165) is 16.9 Å². The summed E-state index contributed by atoms with van der Waals surface area (Å²) >= 11 is 5.80. The molecule has 1 heterocycles. The van der Waals surface area contributed by atoms with Crippen molar-refractivity contribution in [2.45, 2.75) is 20.1 Å². The number of ether oxygens (including phenoxy) is 1. The fourth-order valence-corrected chi connectivity index (χ4v) is 1.94. The van der Waals surface area contributed by atoms with Crippen LogP contribution in [-0.4, -0.2) is 17.1 Å². The van der Waals surface area contributed by atoms with Crippen molar-refractivity contribution in [3.05, 3.63) is 52.4 Å². The summed E-state index contributed by atoms with van der Waals surface area (Å²) in [5, 5.41) is 3.53. The molecule has 0 spiro atoms. The van der Waals surface area contributed by atoms with E-state index in [9.17, 15) is 0 Å². The predicted molar refractivity (Wildman–Crippen MR) is 76.3 cm³/mol. The van der Waals surface area contributed by atoms with Gasteiger partial charge in [0.1, 0.15) is 5.82 Å². The average Bonchev–Trinajstić information content (AvgIpc) is 2.42. The van der Waals surface area contributed by atoms with Gasteiger partial charge in [0.05, 0.1) is 6.61 Å². The zero-order chi connectivity index (χ0) is 13.7. The maximum Gasteiger partial charge on any atom is 0.224 e. The normalized spacial score (nSPS) is 10.5. The molecule has 0 unspecified atom stereocenters. The first-order valence-corrected chi connectivity index (χ1v) is 6.37. The van der Waals surface area contributed by atoms with Crippen molar-refractivity contribution < 1.29 is 4.74 Å². The van der Waals surface area contributed by atoms with Crippen molar-refractivity contribution >= 4 is 17.4 Å². The van der Waals surface area contributed by atoms with Gasteiger partial charge in [-0.1, -0.05) is 24.3 Å². The van der Waals surface area contributed by atoms with Gasteiger partial charge in [0.15, 0.2) is 0 Å². The highest BCUT2D eigenvalue weighted by atomic mass is 35.5. The summed E-state index contributed by atoms with van der Waals surface area (Å²) in [6, 6.07) is 8.14. The fraction of sp³-hybridized carbons (Fsp3) is 0.286. The van der Waals surface area contributed by atoms with E-state index in [1.165, 1.54) is 5.56 Å². The minimum absolute atomic E-state index is 0.248. The van der Waals surface area contributed by atoms with Crippen molar-refractivity contribution in [2.24, 2.45) is 0 Å². The van der Waals surface area contributed by atoms with Gasteiger partial charge in [-0.05, 0) is 29.7 Å². The van der Waals surface area contributed by atoms with E-state index in [1.807, 2.05) is 19.1 Å². The Kier molecular flexibility index (Phi) is 4.71. The van der Waals surface area contributed by atoms with E-state index in [2.05, 4.69) is 27.4 Å². The molecule has 0 radical (unpaired) electrons. The van der Waals surface area contributed by atoms with Crippen LogP contribution < -0.4 is 5.32 Å². The predicted octanol–water partition coefficient (Wildman–Crippen LogP) is 3.20. The molecule has 0 saturated heterocycles. The second kappa shape index (κ2) is 6.50. The molecule has 19 heavy (non-hydrogen) atoms. The summed E-state index contributed by atoms with van der Waals surface area (Å²) in [4.78, 5) is 8.11. The van der Waals surface area contributed by atoms with E-state index in [4.69, 9.17) is 16.3 Å². The van der Waals surface area contributed by atoms with Crippen LogP contribution in [0.3, 0.4) is 0 Å². The lowest BCUT2D eigenvalue weighted by molar-refractivity contribution is 0.184. The lowest BCUT2D eigenvalue weighted by Gasteiger charge is -2.11. The smallest absolute Gasteiger partial charge is 0.224 e. The van der Waals surface area contributed by atoms with Gasteiger partial charge >= 0.3 is 0 Å². The molecule has 0 fully saturated rings. The lowest BCUT2D eigenvalue weighted by Crippen LogP contribution is -2.06. The van der Waals surface area contributed by atoms with Crippen molar-refractivity contribution in [3.8, 4) is 0 Å². The first-order chi connectivity index (χ1) is 9.20. The van der Waals surface area contributed by atoms with Crippen molar-refractivity contribution in [1.29, 1.82) is 0 Å². The number of methoxy groups -OCH3 is 1. The van der Waals surface area contributed by atoms with Gasteiger partial charge in [0.25, 0.3) is 0 Å². The number of aromatic nitrogens is 2. The molecule has 5 heteroatoms.